The average Bonchev–Trinajstić information content (AvgIpc) is 2.96. The monoisotopic (exact) mass is 938 g/mol. The molecule has 6 aromatic rings. The van der Waals surface area contributed by atoms with E-state index in [1.54, 1.807) is 0 Å². The predicted molar refractivity (Wildman–Crippen MR) is 247 cm³/mol. The average molecular weight is 936 g/mol. The molecule has 0 aromatic heterocycles. The largest absolute Gasteiger partial charge is 0.153 e. The van der Waals surface area contributed by atoms with Gasteiger partial charge >= 0.3 is 0 Å². The summed E-state index contributed by atoms with van der Waals surface area (Å²) < 4.78 is 0. The molecule has 0 aliphatic carbocycles. The first kappa shape index (κ1) is 47.8. The molecule has 0 amide bonds. The maximum Gasteiger partial charge on any atom is 0 e. The van der Waals surface area contributed by atoms with E-state index in [9.17, 15) is 0 Å². The maximum atomic E-state index is 3.68. The molecule has 6 rings (SSSR count). The molecule has 0 bridgehead atoms. The molecule has 0 N–H and O–H groups in total. The molecule has 10 radical (unpaired) electrons. The van der Waals surface area contributed by atoms with E-state index in [0.717, 1.165) is 0 Å². The quantitative estimate of drug-likeness (QED) is 0.122. The van der Waals surface area contributed by atoms with Crippen molar-refractivity contribution in [1.29, 1.82) is 0 Å². The van der Waals surface area contributed by atoms with Crippen molar-refractivity contribution in [1.82, 2.24) is 0 Å². The third-order valence-corrected chi connectivity index (χ3v) is 9.38. The van der Waals surface area contributed by atoms with Gasteiger partial charge in [-0.1, -0.05) is 107 Å². The van der Waals surface area contributed by atoms with Crippen LogP contribution in [0.15, 0.2) is 84.9 Å². The zero-order valence-corrected chi connectivity index (χ0v) is 42.0. The van der Waals surface area contributed by atoms with Gasteiger partial charge in [0.1, 0.15) is 0 Å². The van der Waals surface area contributed by atoms with Crippen LogP contribution >= 0.6 is 19.8 Å². The summed E-state index contributed by atoms with van der Waals surface area (Å²) in [5, 5.41) is 0. The molecule has 0 nitrogen and oxygen atoms in total. The molecular formula is C48H60P2Sn2. The maximum absolute atomic E-state index is 3.68. The fourth-order valence-corrected chi connectivity index (χ4v) is 7.94. The Labute approximate surface area is 359 Å². The summed E-state index contributed by atoms with van der Waals surface area (Å²) in [4.78, 5) is 0. The van der Waals surface area contributed by atoms with Crippen molar-refractivity contribution in [3.8, 4) is 44.5 Å². The second-order valence-electron chi connectivity index (χ2n) is 14.1. The third-order valence-electron chi connectivity index (χ3n) is 9.38. The van der Waals surface area contributed by atoms with Gasteiger partial charge in [0.25, 0.3) is 0 Å². The number of hydrogen-bond donors (Lipinski definition) is 0. The number of hydrogen-bond acceptors (Lipinski definition) is 0. The van der Waals surface area contributed by atoms with E-state index in [-0.39, 0.29) is 70.5 Å². The Morgan fingerprint density at radius 3 is 0.615 bits per heavy atom. The Bertz CT molecular complexity index is 1780. The van der Waals surface area contributed by atoms with Crippen molar-refractivity contribution in [3.63, 3.8) is 0 Å². The molecule has 2 unspecified atom stereocenters. The van der Waals surface area contributed by atoms with E-state index in [2.05, 4.69) is 180 Å². The first-order valence-electron chi connectivity index (χ1n) is 17.1. The minimum absolute atomic E-state index is 0. The van der Waals surface area contributed by atoms with Gasteiger partial charge in [-0.2, -0.15) is 19.8 Å². The molecule has 0 aliphatic rings. The molecule has 0 saturated carbocycles. The molecule has 0 spiro atoms. The Morgan fingerprint density at radius 2 is 0.462 bits per heavy atom. The van der Waals surface area contributed by atoms with E-state index in [1.807, 2.05) is 0 Å². The SMILES string of the molecule is Cc1cc(C)c(-c2[c]c(-c3c(C)cc(C)cc3C)ccc2)c(C)c1.Cc1cc(C)c(-c2[c]c(-c3c(C)cc(C)cc3C)ccc2)c(C)c1.P.P.[HH].[HH].[Sn].[Sn]. The summed E-state index contributed by atoms with van der Waals surface area (Å²) in [6.07, 6.45) is 0. The van der Waals surface area contributed by atoms with E-state index in [4.69, 9.17) is 0 Å². The van der Waals surface area contributed by atoms with Crippen LogP contribution in [0.1, 0.15) is 69.6 Å². The van der Waals surface area contributed by atoms with Crippen LogP contribution in [-0.2, 0) is 0 Å². The van der Waals surface area contributed by atoms with Crippen LogP contribution in [0.5, 0.6) is 0 Å². The molecule has 0 fully saturated rings. The summed E-state index contributed by atoms with van der Waals surface area (Å²) in [6.45, 7) is 26.2. The molecular weight excluding hydrogens is 876 g/mol. The van der Waals surface area contributed by atoms with Gasteiger partial charge < -0.3 is 0 Å². The van der Waals surface area contributed by atoms with E-state index < -0.39 is 0 Å². The van der Waals surface area contributed by atoms with Crippen LogP contribution in [0, 0.1) is 95.2 Å². The molecule has 270 valence electrons. The van der Waals surface area contributed by atoms with Gasteiger partial charge in [0.05, 0.1) is 0 Å². The second-order valence-corrected chi connectivity index (χ2v) is 14.1. The Kier molecular flexibility index (Phi) is 18.8. The summed E-state index contributed by atoms with van der Waals surface area (Å²) in [6, 6.07) is 38.4. The van der Waals surface area contributed by atoms with Crippen LogP contribution in [0.2, 0.25) is 0 Å². The van der Waals surface area contributed by atoms with Crippen molar-refractivity contribution >= 4 is 67.6 Å². The zero-order chi connectivity index (χ0) is 34.9. The van der Waals surface area contributed by atoms with E-state index >= 15 is 0 Å². The van der Waals surface area contributed by atoms with Gasteiger partial charge in [-0.05, 0) is 184 Å². The van der Waals surface area contributed by atoms with Crippen LogP contribution in [0.4, 0.5) is 0 Å². The molecule has 0 saturated heterocycles. The first-order chi connectivity index (χ1) is 22.7. The minimum atomic E-state index is 0. The minimum Gasteiger partial charge on any atom is -0.153 e. The Hall–Kier alpha value is -2.22. The van der Waals surface area contributed by atoms with Crippen LogP contribution in [0.25, 0.3) is 44.5 Å². The van der Waals surface area contributed by atoms with Gasteiger partial charge in [-0.15, -0.1) is 0 Å². The van der Waals surface area contributed by atoms with Crippen molar-refractivity contribution < 1.29 is 2.85 Å². The number of rotatable bonds is 4. The zero-order valence-electron chi connectivity index (χ0n) is 33.5. The molecule has 0 heterocycles. The molecule has 52 heavy (non-hydrogen) atoms. The number of aryl methyl sites for hydroxylation is 12. The predicted octanol–water partition coefficient (Wildman–Crippen LogP) is 13.2. The van der Waals surface area contributed by atoms with Crippen molar-refractivity contribution in [3.05, 3.63) is 164 Å². The van der Waals surface area contributed by atoms with E-state index in [1.165, 1.54) is 111 Å². The topological polar surface area (TPSA) is 0 Å². The van der Waals surface area contributed by atoms with Crippen molar-refractivity contribution in [2.75, 3.05) is 0 Å². The van der Waals surface area contributed by atoms with Gasteiger partial charge in [0.2, 0.25) is 0 Å². The summed E-state index contributed by atoms with van der Waals surface area (Å²) in [5.74, 6) is 0. The van der Waals surface area contributed by atoms with E-state index in [0.29, 0.717) is 0 Å². The summed E-state index contributed by atoms with van der Waals surface area (Å²) >= 11 is 0. The van der Waals surface area contributed by atoms with Crippen LogP contribution in [0.3, 0.4) is 0 Å². The standard InChI is InChI=1S/2C24H25.2H3P.2Sn.2H2/c2*1-15-10-17(3)23(18(4)11-15)21-8-7-9-22(14-21)24-19(5)12-16(2)13-20(24)6;;;;;;/h2*7-13H,1-6H3;2*1H3;;;2*1H. The van der Waals surface area contributed by atoms with Crippen molar-refractivity contribution in [2.45, 2.75) is 83.1 Å². The smallest absolute Gasteiger partial charge is 0 e. The van der Waals surface area contributed by atoms with Gasteiger partial charge in [-0.25, -0.2) is 0 Å². The summed E-state index contributed by atoms with van der Waals surface area (Å²) in [5.41, 5.74) is 25.8. The van der Waals surface area contributed by atoms with Gasteiger partial charge in [-0.3, -0.25) is 0 Å². The summed E-state index contributed by atoms with van der Waals surface area (Å²) in [7, 11) is 0. The van der Waals surface area contributed by atoms with Crippen LogP contribution in [-0.4, -0.2) is 47.8 Å². The Balaban J connectivity index is 0. The fraction of sp³-hybridized carbons (Fsp3) is 0.250. The number of benzene rings is 6. The Morgan fingerprint density at radius 1 is 0.308 bits per heavy atom. The molecule has 6 aromatic carbocycles. The third kappa shape index (κ3) is 10.9. The molecule has 4 heteroatoms. The van der Waals surface area contributed by atoms with Crippen molar-refractivity contribution in [2.24, 2.45) is 0 Å². The van der Waals surface area contributed by atoms with Crippen LogP contribution < -0.4 is 0 Å². The molecule has 0 aliphatic heterocycles. The normalized spacial score (nSPS) is 10.1. The van der Waals surface area contributed by atoms with Gasteiger partial charge in [0, 0.05) is 50.7 Å². The fourth-order valence-electron chi connectivity index (χ4n) is 7.94. The molecule has 2 atom stereocenters. The van der Waals surface area contributed by atoms with Gasteiger partial charge in [0.15, 0.2) is 0 Å². The first-order valence-corrected chi connectivity index (χ1v) is 17.1. The second kappa shape index (κ2) is 20.5.